The summed E-state index contributed by atoms with van der Waals surface area (Å²) in [6, 6.07) is 15.6. The van der Waals surface area contributed by atoms with Gasteiger partial charge in [0.25, 0.3) is 0 Å². The van der Waals surface area contributed by atoms with E-state index in [2.05, 4.69) is 11.0 Å². The molecule has 0 aliphatic carbocycles. The number of carbonyl (C=O) groups is 1. The smallest absolute Gasteiger partial charge is 0.311 e. The molecule has 1 fully saturated rings. The number of para-hydroxylation sites is 1. The first-order valence-corrected chi connectivity index (χ1v) is 9.90. The lowest BCUT2D eigenvalue weighted by molar-refractivity contribution is -0.134. The van der Waals surface area contributed by atoms with E-state index in [4.69, 9.17) is 9.47 Å². The van der Waals surface area contributed by atoms with Gasteiger partial charge in [-0.3, -0.25) is 14.5 Å². The van der Waals surface area contributed by atoms with Crippen LogP contribution in [0.15, 0.2) is 59.5 Å². The van der Waals surface area contributed by atoms with Crippen LogP contribution in [0.1, 0.15) is 18.9 Å². The molecule has 0 radical (unpaired) electrons. The van der Waals surface area contributed by atoms with Gasteiger partial charge in [0.15, 0.2) is 5.75 Å². The molecule has 0 atom stereocenters. The van der Waals surface area contributed by atoms with Crippen LogP contribution in [0.5, 0.6) is 5.75 Å². The number of pyridine rings is 1. The van der Waals surface area contributed by atoms with Crippen molar-refractivity contribution in [1.29, 1.82) is 0 Å². The molecule has 4 rings (SSSR count). The fourth-order valence-corrected chi connectivity index (χ4v) is 3.54. The molecule has 0 amide bonds. The Morgan fingerprint density at radius 1 is 1.10 bits per heavy atom. The molecule has 2 heterocycles. The zero-order chi connectivity index (χ0) is 20.2. The normalized spacial score (nSPS) is 14.8. The Kier molecular flexibility index (Phi) is 5.74. The number of hydrogen-bond donors (Lipinski definition) is 0. The standard InChI is InChI=1S/C23H24N2O4/c1-2-22(26)29-21-16-25(18-6-4-3-5-7-18)20-9-8-17(14-19(20)23(21)27)15-24-10-12-28-13-11-24/h3-9,14,16H,2,10-13,15H2,1H3. The van der Waals surface area contributed by atoms with Crippen molar-refractivity contribution in [2.45, 2.75) is 19.9 Å². The highest BCUT2D eigenvalue weighted by Crippen LogP contribution is 2.22. The van der Waals surface area contributed by atoms with Gasteiger partial charge in [-0.05, 0) is 29.8 Å². The van der Waals surface area contributed by atoms with Gasteiger partial charge in [0.05, 0.1) is 30.3 Å². The number of rotatable bonds is 5. The molecule has 1 aliphatic heterocycles. The number of fused-ring (bicyclic) bond motifs is 1. The molecule has 1 saturated heterocycles. The van der Waals surface area contributed by atoms with Crippen LogP contribution in [0.4, 0.5) is 0 Å². The molecule has 2 aromatic carbocycles. The second-order valence-corrected chi connectivity index (χ2v) is 7.10. The molecule has 0 saturated carbocycles. The van der Waals surface area contributed by atoms with Crippen LogP contribution in [-0.4, -0.2) is 41.7 Å². The minimum absolute atomic E-state index is 0.0525. The summed E-state index contributed by atoms with van der Waals surface area (Å²) in [5, 5.41) is 0.543. The van der Waals surface area contributed by atoms with E-state index >= 15 is 0 Å². The van der Waals surface area contributed by atoms with Crippen LogP contribution in [0, 0.1) is 0 Å². The number of benzene rings is 2. The van der Waals surface area contributed by atoms with E-state index in [-0.39, 0.29) is 17.6 Å². The van der Waals surface area contributed by atoms with Gasteiger partial charge in [0.2, 0.25) is 5.43 Å². The highest BCUT2D eigenvalue weighted by atomic mass is 16.5. The summed E-state index contributed by atoms with van der Waals surface area (Å²) in [6.45, 7) is 5.67. The Morgan fingerprint density at radius 2 is 1.86 bits per heavy atom. The number of nitrogens with zero attached hydrogens (tertiary/aromatic N) is 2. The lowest BCUT2D eigenvalue weighted by Crippen LogP contribution is -2.35. The van der Waals surface area contributed by atoms with Gasteiger partial charge in [-0.15, -0.1) is 0 Å². The summed E-state index contributed by atoms with van der Waals surface area (Å²) in [5.74, 6) is -0.373. The lowest BCUT2D eigenvalue weighted by Gasteiger charge is -2.26. The van der Waals surface area contributed by atoms with Crippen molar-refractivity contribution in [3.63, 3.8) is 0 Å². The first-order valence-electron chi connectivity index (χ1n) is 9.90. The van der Waals surface area contributed by atoms with E-state index in [9.17, 15) is 9.59 Å². The monoisotopic (exact) mass is 392 g/mol. The SMILES string of the molecule is CCC(=O)Oc1cn(-c2ccccc2)c2ccc(CN3CCOCC3)cc2c1=O. The molecule has 0 bridgehead atoms. The number of aromatic nitrogens is 1. The fraction of sp³-hybridized carbons (Fsp3) is 0.304. The molecule has 0 spiro atoms. The van der Waals surface area contributed by atoms with Crippen LogP contribution in [0.2, 0.25) is 0 Å². The van der Waals surface area contributed by atoms with Crippen LogP contribution in [0.3, 0.4) is 0 Å². The molecule has 6 nitrogen and oxygen atoms in total. The van der Waals surface area contributed by atoms with Crippen molar-refractivity contribution in [1.82, 2.24) is 9.47 Å². The van der Waals surface area contributed by atoms with E-state index in [0.717, 1.165) is 49.6 Å². The number of ether oxygens (including phenoxy) is 2. The third-order valence-corrected chi connectivity index (χ3v) is 5.09. The molecular weight excluding hydrogens is 368 g/mol. The van der Waals surface area contributed by atoms with Gasteiger partial charge in [0, 0.05) is 31.7 Å². The van der Waals surface area contributed by atoms with E-state index in [1.165, 1.54) is 0 Å². The highest BCUT2D eigenvalue weighted by Gasteiger charge is 2.16. The summed E-state index contributed by atoms with van der Waals surface area (Å²) in [7, 11) is 0. The summed E-state index contributed by atoms with van der Waals surface area (Å²) >= 11 is 0. The third kappa shape index (κ3) is 4.23. The fourth-order valence-electron chi connectivity index (χ4n) is 3.54. The van der Waals surface area contributed by atoms with E-state index < -0.39 is 5.97 Å². The summed E-state index contributed by atoms with van der Waals surface area (Å²) in [6.07, 6.45) is 1.81. The predicted molar refractivity (Wildman–Crippen MR) is 112 cm³/mol. The van der Waals surface area contributed by atoms with Crippen molar-refractivity contribution < 1.29 is 14.3 Å². The van der Waals surface area contributed by atoms with E-state index in [1.807, 2.05) is 47.0 Å². The molecule has 150 valence electrons. The van der Waals surface area contributed by atoms with Crippen molar-refractivity contribution in [2.75, 3.05) is 26.3 Å². The van der Waals surface area contributed by atoms with Gasteiger partial charge >= 0.3 is 5.97 Å². The minimum atomic E-state index is -0.425. The van der Waals surface area contributed by atoms with Gasteiger partial charge in [-0.1, -0.05) is 31.2 Å². The predicted octanol–water partition coefficient (Wildman–Crippen LogP) is 3.14. The van der Waals surface area contributed by atoms with E-state index in [1.54, 1.807) is 13.1 Å². The van der Waals surface area contributed by atoms with Gasteiger partial charge in [-0.25, -0.2) is 0 Å². The van der Waals surface area contributed by atoms with Crippen molar-refractivity contribution in [3.05, 3.63) is 70.5 Å². The van der Waals surface area contributed by atoms with E-state index in [0.29, 0.717) is 5.39 Å². The van der Waals surface area contributed by atoms with Gasteiger partial charge in [-0.2, -0.15) is 0 Å². The Hall–Kier alpha value is -2.96. The molecular formula is C23H24N2O4. The molecule has 1 aliphatic rings. The maximum Gasteiger partial charge on any atom is 0.311 e. The molecule has 0 N–H and O–H groups in total. The Labute approximate surface area is 169 Å². The summed E-state index contributed by atoms with van der Waals surface area (Å²) < 4.78 is 12.7. The summed E-state index contributed by atoms with van der Waals surface area (Å²) in [5.41, 5.74) is 2.46. The van der Waals surface area contributed by atoms with Crippen molar-refractivity contribution >= 4 is 16.9 Å². The zero-order valence-corrected chi connectivity index (χ0v) is 16.5. The molecule has 3 aromatic rings. The molecule has 0 unspecified atom stereocenters. The van der Waals surface area contributed by atoms with Gasteiger partial charge < -0.3 is 14.0 Å². The number of carbonyl (C=O) groups excluding carboxylic acids is 1. The average Bonchev–Trinajstić information content (AvgIpc) is 2.77. The van der Waals surface area contributed by atoms with Crippen molar-refractivity contribution in [2.24, 2.45) is 0 Å². The number of hydrogen-bond acceptors (Lipinski definition) is 5. The number of morpholine rings is 1. The third-order valence-electron chi connectivity index (χ3n) is 5.09. The first-order chi connectivity index (χ1) is 14.2. The highest BCUT2D eigenvalue weighted by molar-refractivity contribution is 5.83. The maximum absolute atomic E-state index is 13.1. The van der Waals surface area contributed by atoms with Crippen LogP contribution in [-0.2, 0) is 16.1 Å². The summed E-state index contributed by atoms with van der Waals surface area (Å²) in [4.78, 5) is 27.2. The van der Waals surface area contributed by atoms with Gasteiger partial charge in [0.1, 0.15) is 0 Å². The topological polar surface area (TPSA) is 60.8 Å². The van der Waals surface area contributed by atoms with Crippen molar-refractivity contribution in [3.8, 4) is 11.4 Å². The molecule has 1 aromatic heterocycles. The zero-order valence-electron chi connectivity index (χ0n) is 16.5. The second kappa shape index (κ2) is 8.59. The quantitative estimate of drug-likeness (QED) is 0.625. The molecule has 6 heteroatoms. The Bertz CT molecular complexity index is 1070. The first kappa shape index (κ1) is 19.4. The lowest BCUT2D eigenvalue weighted by atomic mass is 10.1. The molecule has 29 heavy (non-hydrogen) atoms. The van der Waals surface area contributed by atoms with Crippen LogP contribution in [0.25, 0.3) is 16.6 Å². The number of esters is 1. The Morgan fingerprint density at radius 3 is 2.59 bits per heavy atom. The average molecular weight is 392 g/mol. The Balaban J connectivity index is 1.82. The minimum Gasteiger partial charge on any atom is -0.421 e. The van der Waals surface area contributed by atoms with Crippen LogP contribution < -0.4 is 10.2 Å². The second-order valence-electron chi connectivity index (χ2n) is 7.10. The largest absolute Gasteiger partial charge is 0.421 e. The maximum atomic E-state index is 13.1. The van der Waals surface area contributed by atoms with Crippen LogP contribution >= 0.6 is 0 Å².